The summed E-state index contributed by atoms with van der Waals surface area (Å²) in [6, 6.07) is 5.63. The van der Waals surface area contributed by atoms with E-state index in [4.69, 9.17) is 0 Å². The fourth-order valence-electron chi connectivity index (χ4n) is 1.90. The highest BCUT2D eigenvalue weighted by atomic mass is 19.4. The Balaban J connectivity index is 2.04. The number of hydrogen-bond acceptors (Lipinski definition) is 3. The van der Waals surface area contributed by atoms with Gasteiger partial charge in [0.1, 0.15) is 28.9 Å². The maximum Gasteiger partial charge on any atom is 0.422 e. The van der Waals surface area contributed by atoms with Crippen LogP contribution in [-0.2, 0) is 4.79 Å². The lowest BCUT2D eigenvalue weighted by molar-refractivity contribution is -0.153. The maximum atomic E-state index is 13.5. The molecule has 0 unspecified atom stereocenters. The van der Waals surface area contributed by atoms with Crippen molar-refractivity contribution >= 4 is 17.3 Å². The van der Waals surface area contributed by atoms with Gasteiger partial charge < -0.3 is 15.4 Å². The van der Waals surface area contributed by atoms with E-state index in [1.165, 1.54) is 0 Å². The Morgan fingerprint density at radius 1 is 1.04 bits per heavy atom. The number of halogens is 6. The Labute approximate surface area is 143 Å². The molecule has 2 rings (SSSR count). The Morgan fingerprint density at radius 3 is 2.31 bits per heavy atom. The van der Waals surface area contributed by atoms with Crippen molar-refractivity contribution in [1.82, 2.24) is 0 Å². The van der Waals surface area contributed by atoms with E-state index in [-0.39, 0.29) is 11.4 Å². The van der Waals surface area contributed by atoms with E-state index in [0.29, 0.717) is 0 Å². The summed E-state index contributed by atoms with van der Waals surface area (Å²) in [5.74, 6) is -4.03. The van der Waals surface area contributed by atoms with Gasteiger partial charge in [0.15, 0.2) is 6.61 Å². The molecule has 0 saturated carbocycles. The van der Waals surface area contributed by atoms with Crippen LogP contribution < -0.4 is 15.4 Å². The van der Waals surface area contributed by atoms with Crippen LogP contribution in [0.1, 0.15) is 0 Å². The van der Waals surface area contributed by atoms with Gasteiger partial charge in [-0.15, -0.1) is 0 Å². The first-order valence-electron chi connectivity index (χ1n) is 7.12. The van der Waals surface area contributed by atoms with Crippen molar-refractivity contribution < 1.29 is 35.9 Å². The van der Waals surface area contributed by atoms with Crippen LogP contribution in [0.3, 0.4) is 0 Å². The lowest BCUT2D eigenvalue weighted by Crippen LogP contribution is -2.24. The molecular weight excluding hydrogens is 366 g/mol. The zero-order valence-electron chi connectivity index (χ0n) is 13.0. The number of carbonyl (C=O) groups is 1. The summed E-state index contributed by atoms with van der Waals surface area (Å²) in [4.78, 5) is 11.8. The Kier molecular flexibility index (Phi) is 5.96. The van der Waals surface area contributed by atoms with Gasteiger partial charge in [-0.05, 0) is 24.3 Å². The van der Waals surface area contributed by atoms with E-state index in [1.807, 2.05) is 5.32 Å². The quantitative estimate of drug-likeness (QED) is 0.745. The monoisotopic (exact) mass is 378 g/mol. The molecule has 0 aliphatic heterocycles. The van der Waals surface area contributed by atoms with E-state index < -0.39 is 48.4 Å². The molecule has 0 bridgehead atoms. The van der Waals surface area contributed by atoms with Crippen LogP contribution >= 0.6 is 0 Å². The van der Waals surface area contributed by atoms with Gasteiger partial charge in [0.2, 0.25) is 5.91 Å². The molecule has 4 nitrogen and oxygen atoms in total. The molecule has 0 aromatic heterocycles. The molecule has 2 N–H and O–H groups in total. The summed E-state index contributed by atoms with van der Waals surface area (Å²) in [6.07, 6.45) is -4.61. The van der Waals surface area contributed by atoms with Crippen molar-refractivity contribution in [2.24, 2.45) is 0 Å². The topological polar surface area (TPSA) is 50.4 Å². The molecule has 26 heavy (non-hydrogen) atoms. The number of rotatable bonds is 6. The van der Waals surface area contributed by atoms with Crippen LogP contribution in [0, 0.1) is 17.5 Å². The maximum absolute atomic E-state index is 13.5. The number of nitrogens with one attached hydrogen (secondary N) is 2. The second-order valence-electron chi connectivity index (χ2n) is 5.04. The highest BCUT2D eigenvalue weighted by molar-refractivity contribution is 5.94. The third-order valence-electron chi connectivity index (χ3n) is 3.00. The van der Waals surface area contributed by atoms with Crippen molar-refractivity contribution in [3.05, 3.63) is 53.8 Å². The van der Waals surface area contributed by atoms with Crippen molar-refractivity contribution in [3.8, 4) is 5.75 Å². The standard InChI is InChI=1S/C16H12F6N2O2/c17-9-4-5-13(26-8-16(20,21)22)12(6-9)23-7-14(25)24-15-10(18)2-1-3-11(15)19/h1-6,23H,7-8H2,(H,24,25). The normalized spacial score (nSPS) is 11.2. The van der Waals surface area contributed by atoms with Gasteiger partial charge in [0, 0.05) is 6.07 Å². The number of anilines is 2. The van der Waals surface area contributed by atoms with Crippen LogP contribution in [0.4, 0.5) is 37.7 Å². The Bertz CT molecular complexity index is 775. The second-order valence-corrected chi connectivity index (χ2v) is 5.04. The highest BCUT2D eigenvalue weighted by Crippen LogP contribution is 2.27. The number of benzene rings is 2. The number of alkyl halides is 3. The van der Waals surface area contributed by atoms with E-state index in [1.54, 1.807) is 0 Å². The van der Waals surface area contributed by atoms with Crippen LogP contribution in [0.2, 0.25) is 0 Å². The van der Waals surface area contributed by atoms with E-state index >= 15 is 0 Å². The minimum Gasteiger partial charge on any atom is -0.482 e. The van der Waals surface area contributed by atoms with Crippen LogP contribution in [0.5, 0.6) is 5.75 Å². The molecule has 1 amide bonds. The van der Waals surface area contributed by atoms with Gasteiger partial charge >= 0.3 is 6.18 Å². The number of ether oxygens (including phenoxy) is 1. The molecule has 2 aromatic carbocycles. The molecule has 0 radical (unpaired) electrons. The van der Waals surface area contributed by atoms with E-state index in [2.05, 4.69) is 10.1 Å². The summed E-state index contributed by atoms with van der Waals surface area (Å²) >= 11 is 0. The number of amides is 1. The first-order valence-corrected chi connectivity index (χ1v) is 7.12. The van der Waals surface area contributed by atoms with E-state index in [0.717, 1.165) is 36.4 Å². The number of carbonyl (C=O) groups excluding carboxylic acids is 1. The minimum atomic E-state index is -4.61. The van der Waals surface area contributed by atoms with Gasteiger partial charge in [0.25, 0.3) is 0 Å². The lowest BCUT2D eigenvalue weighted by Gasteiger charge is -2.15. The van der Waals surface area contributed by atoms with Gasteiger partial charge in [-0.3, -0.25) is 4.79 Å². The van der Waals surface area contributed by atoms with Gasteiger partial charge in [-0.1, -0.05) is 6.07 Å². The van der Waals surface area contributed by atoms with Crippen LogP contribution in [-0.4, -0.2) is 25.2 Å². The Hall–Kier alpha value is -2.91. The zero-order valence-corrected chi connectivity index (χ0v) is 13.0. The molecule has 0 spiro atoms. The smallest absolute Gasteiger partial charge is 0.422 e. The van der Waals surface area contributed by atoms with Crippen molar-refractivity contribution in [2.75, 3.05) is 23.8 Å². The largest absolute Gasteiger partial charge is 0.482 e. The molecule has 140 valence electrons. The third-order valence-corrected chi connectivity index (χ3v) is 3.00. The molecule has 0 aliphatic carbocycles. The second kappa shape index (κ2) is 7.98. The summed E-state index contributed by atoms with van der Waals surface area (Å²) < 4.78 is 81.4. The molecule has 0 heterocycles. The number of para-hydroxylation sites is 1. The molecular formula is C16H12F6N2O2. The average Bonchev–Trinajstić information content (AvgIpc) is 2.54. The molecule has 0 saturated heterocycles. The molecule has 0 aliphatic rings. The molecule has 10 heteroatoms. The first-order chi connectivity index (χ1) is 12.2. The lowest BCUT2D eigenvalue weighted by atomic mass is 10.2. The molecule has 0 atom stereocenters. The van der Waals surface area contributed by atoms with Crippen molar-refractivity contribution in [3.63, 3.8) is 0 Å². The van der Waals surface area contributed by atoms with Gasteiger partial charge in [-0.2, -0.15) is 13.2 Å². The van der Waals surface area contributed by atoms with Crippen LogP contribution in [0.25, 0.3) is 0 Å². The predicted molar refractivity (Wildman–Crippen MR) is 81.4 cm³/mol. The summed E-state index contributed by atoms with van der Waals surface area (Å²) in [7, 11) is 0. The van der Waals surface area contributed by atoms with Crippen LogP contribution in [0.15, 0.2) is 36.4 Å². The Morgan fingerprint density at radius 2 is 1.69 bits per heavy atom. The third kappa shape index (κ3) is 5.57. The van der Waals surface area contributed by atoms with Gasteiger partial charge in [0.05, 0.1) is 12.2 Å². The SMILES string of the molecule is O=C(CNc1cc(F)ccc1OCC(F)(F)F)Nc1c(F)cccc1F. The van der Waals surface area contributed by atoms with Crippen molar-refractivity contribution in [2.45, 2.75) is 6.18 Å². The average molecular weight is 378 g/mol. The number of hydrogen-bond donors (Lipinski definition) is 2. The van der Waals surface area contributed by atoms with E-state index in [9.17, 15) is 31.1 Å². The summed E-state index contributed by atoms with van der Waals surface area (Å²) in [5.41, 5.74) is -0.898. The molecule has 2 aromatic rings. The first kappa shape index (κ1) is 19.4. The van der Waals surface area contributed by atoms with Crippen molar-refractivity contribution in [1.29, 1.82) is 0 Å². The highest BCUT2D eigenvalue weighted by Gasteiger charge is 2.29. The van der Waals surface area contributed by atoms with Gasteiger partial charge in [-0.25, -0.2) is 13.2 Å². The summed E-state index contributed by atoms with van der Waals surface area (Å²) in [5, 5.41) is 4.33. The summed E-state index contributed by atoms with van der Waals surface area (Å²) in [6.45, 7) is -2.21. The fourth-order valence-corrected chi connectivity index (χ4v) is 1.90. The predicted octanol–water partition coefficient (Wildman–Crippen LogP) is 4.10. The minimum absolute atomic E-state index is 0.224. The fraction of sp³-hybridized carbons (Fsp3) is 0.188. The molecule has 0 fully saturated rings. The zero-order chi connectivity index (χ0) is 19.3.